The number of hydrogen-bond acceptors (Lipinski definition) is 2. The van der Waals surface area contributed by atoms with Gasteiger partial charge in [0.1, 0.15) is 5.65 Å². The molecular weight excluding hydrogens is 363 g/mol. The number of pyridine rings is 1. The number of carbonyl (C=O) groups excluding carboxylic acids is 1. The molecule has 1 aromatic carbocycles. The van der Waals surface area contributed by atoms with Gasteiger partial charge in [0.2, 0.25) is 0 Å². The van der Waals surface area contributed by atoms with Crippen LogP contribution in [0.15, 0.2) is 41.1 Å². The van der Waals surface area contributed by atoms with Crippen molar-refractivity contribution in [2.24, 2.45) is 0 Å². The lowest BCUT2D eigenvalue weighted by Crippen LogP contribution is -2.02. The van der Waals surface area contributed by atoms with Crippen molar-refractivity contribution in [3.63, 3.8) is 0 Å². The van der Waals surface area contributed by atoms with E-state index in [1.54, 1.807) is 30.6 Å². The van der Waals surface area contributed by atoms with Gasteiger partial charge in [-0.15, -0.1) is 0 Å². The minimum atomic E-state index is -0.230. The Labute approximate surface area is 133 Å². The fourth-order valence-electron chi connectivity index (χ4n) is 2.02. The predicted octanol–water partition coefficient (Wildman–Crippen LogP) is 4.86. The Morgan fingerprint density at radius 1 is 1.25 bits per heavy atom. The second kappa shape index (κ2) is 5.20. The van der Waals surface area contributed by atoms with Crippen molar-refractivity contribution in [3.8, 4) is 0 Å². The molecule has 0 saturated carbocycles. The quantitative estimate of drug-likeness (QED) is 0.655. The average Bonchev–Trinajstić information content (AvgIpc) is 2.81. The molecule has 6 heteroatoms. The number of hydrogen-bond donors (Lipinski definition) is 1. The van der Waals surface area contributed by atoms with Crippen LogP contribution in [-0.2, 0) is 0 Å². The number of nitrogens with one attached hydrogen (secondary N) is 1. The summed E-state index contributed by atoms with van der Waals surface area (Å²) in [4.78, 5) is 19.8. The van der Waals surface area contributed by atoms with Gasteiger partial charge in [0.25, 0.3) is 0 Å². The minimum absolute atomic E-state index is 0.230. The summed E-state index contributed by atoms with van der Waals surface area (Å²) in [6.07, 6.45) is 3.28. The van der Waals surface area contributed by atoms with Crippen molar-refractivity contribution in [2.45, 2.75) is 0 Å². The van der Waals surface area contributed by atoms with Crippen LogP contribution in [0.25, 0.3) is 11.0 Å². The first-order valence-corrected chi connectivity index (χ1v) is 7.24. The van der Waals surface area contributed by atoms with Crippen LogP contribution in [0.5, 0.6) is 0 Å². The summed E-state index contributed by atoms with van der Waals surface area (Å²) >= 11 is 15.5. The van der Waals surface area contributed by atoms with Gasteiger partial charge in [0.15, 0.2) is 5.78 Å². The predicted molar refractivity (Wildman–Crippen MR) is 83.7 cm³/mol. The second-order valence-corrected chi connectivity index (χ2v) is 5.91. The summed E-state index contributed by atoms with van der Waals surface area (Å²) in [5.74, 6) is -0.230. The van der Waals surface area contributed by atoms with Gasteiger partial charge in [0.05, 0.1) is 15.6 Å². The molecule has 0 spiro atoms. The maximum atomic E-state index is 12.6. The normalized spacial score (nSPS) is 10.9. The number of carbonyl (C=O) groups is 1. The molecule has 0 amide bonds. The summed E-state index contributed by atoms with van der Waals surface area (Å²) in [5.41, 5.74) is 1.43. The zero-order valence-corrected chi connectivity index (χ0v) is 13.1. The zero-order valence-electron chi connectivity index (χ0n) is 9.95. The highest BCUT2D eigenvalue weighted by atomic mass is 79.9. The molecule has 0 aliphatic heterocycles. The SMILES string of the molecule is O=C(c1c(Cl)cccc1Cl)c1c[nH]c2ncc(Br)cc12. The summed E-state index contributed by atoms with van der Waals surface area (Å²) in [7, 11) is 0. The Morgan fingerprint density at radius 3 is 2.65 bits per heavy atom. The first-order valence-electron chi connectivity index (χ1n) is 5.69. The Kier molecular flexibility index (Phi) is 3.54. The average molecular weight is 370 g/mol. The van der Waals surface area contributed by atoms with Gasteiger partial charge in [-0.25, -0.2) is 4.98 Å². The van der Waals surface area contributed by atoms with Gasteiger partial charge in [-0.1, -0.05) is 29.3 Å². The van der Waals surface area contributed by atoms with Crippen molar-refractivity contribution in [2.75, 3.05) is 0 Å². The lowest BCUT2D eigenvalue weighted by molar-refractivity contribution is 0.104. The molecule has 3 nitrogen and oxygen atoms in total. The number of halogens is 3. The van der Waals surface area contributed by atoms with Crippen molar-refractivity contribution in [3.05, 3.63) is 62.3 Å². The molecule has 0 unspecified atom stereocenters. The molecule has 100 valence electrons. The molecule has 0 atom stereocenters. The number of fused-ring (bicyclic) bond motifs is 1. The molecule has 20 heavy (non-hydrogen) atoms. The molecule has 3 aromatic rings. The third kappa shape index (κ3) is 2.24. The number of H-pyrrole nitrogens is 1. The first kappa shape index (κ1) is 13.6. The largest absolute Gasteiger partial charge is 0.345 e. The number of benzene rings is 1. The molecule has 0 aliphatic rings. The third-order valence-electron chi connectivity index (χ3n) is 2.93. The van der Waals surface area contributed by atoms with Gasteiger partial charge < -0.3 is 4.98 Å². The molecule has 0 saturated heterocycles. The van der Waals surface area contributed by atoms with E-state index in [9.17, 15) is 4.79 Å². The summed E-state index contributed by atoms with van der Waals surface area (Å²) in [6.45, 7) is 0. The standard InChI is InChI=1S/C14H7BrCl2N2O/c15-7-4-8-9(6-19-14(8)18-5-7)13(20)12-10(16)2-1-3-11(12)17/h1-6H,(H,18,19). The van der Waals surface area contributed by atoms with E-state index < -0.39 is 0 Å². The van der Waals surface area contributed by atoms with Gasteiger partial charge >= 0.3 is 0 Å². The molecule has 2 aromatic heterocycles. The smallest absolute Gasteiger partial charge is 0.198 e. The number of rotatable bonds is 2. The zero-order chi connectivity index (χ0) is 14.3. The minimum Gasteiger partial charge on any atom is -0.345 e. The van der Waals surface area contributed by atoms with E-state index in [2.05, 4.69) is 25.9 Å². The molecule has 0 fully saturated rings. The highest BCUT2D eigenvalue weighted by Gasteiger charge is 2.20. The lowest BCUT2D eigenvalue weighted by atomic mass is 10.0. The maximum Gasteiger partial charge on any atom is 0.198 e. The van der Waals surface area contributed by atoms with Crippen LogP contribution in [0.1, 0.15) is 15.9 Å². The van der Waals surface area contributed by atoms with Crippen LogP contribution in [0.3, 0.4) is 0 Å². The number of aromatic amines is 1. The van der Waals surface area contributed by atoms with E-state index in [-0.39, 0.29) is 5.78 Å². The van der Waals surface area contributed by atoms with E-state index in [4.69, 9.17) is 23.2 Å². The molecule has 2 heterocycles. The lowest BCUT2D eigenvalue weighted by Gasteiger charge is -2.05. The Balaban J connectivity index is 2.21. The van der Waals surface area contributed by atoms with E-state index in [0.29, 0.717) is 26.8 Å². The van der Waals surface area contributed by atoms with Crippen molar-refractivity contribution in [1.29, 1.82) is 0 Å². The van der Waals surface area contributed by atoms with E-state index >= 15 is 0 Å². The number of ketones is 1. The van der Waals surface area contributed by atoms with Crippen molar-refractivity contribution < 1.29 is 4.79 Å². The number of nitrogens with zero attached hydrogens (tertiary/aromatic N) is 1. The highest BCUT2D eigenvalue weighted by Crippen LogP contribution is 2.29. The number of aromatic nitrogens is 2. The Morgan fingerprint density at radius 2 is 1.95 bits per heavy atom. The van der Waals surface area contributed by atoms with Gasteiger partial charge in [0, 0.05) is 27.8 Å². The van der Waals surface area contributed by atoms with Crippen molar-refractivity contribution in [1.82, 2.24) is 9.97 Å². The van der Waals surface area contributed by atoms with Crippen LogP contribution in [0.4, 0.5) is 0 Å². The van der Waals surface area contributed by atoms with E-state index in [0.717, 1.165) is 9.86 Å². The van der Waals surface area contributed by atoms with Crippen LogP contribution in [0, 0.1) is 0 Å². The molecule has 0 bridgehead atoms. The van der Waals surface area contributed by atoms with Gasteiger partial charge in [-0.3, -0.25) is 4.79 Å². The van der Waals surface area contributed by atoms with Crippen molar-refractivity contribution >= 4 is 55.9 Å². The topological polar surface area (TPSA) is 45.8 Å². The third-order valence-corrected chi connectivity index (χ3v) is 4.00. The van der Waals surface area contributed by atoms with Crippen LogP contribution >= 0.6 is 39.1 Å². The van der Waals surface area contributed by atoms with E-state index in [1.165, 1.54) is 0 Å². The monoisotopic (exact) mass is 368 g/mol. The fourth-order valence-corrected chi connectivity index (χ4v) is 2.92. The van der Waals surface area contributed by atoms with Gasteiger partial charge in [-0.2, -0.15) is 0 Å². The molecular formula is C14H7BrCl2N2O. The Bertz CT molecular complexity index is 809. The Hall–Kier alpha value is -1.36. The first-order chi connectivity index (χ1) is 9.58. The van der Waals surface area contributed by atoms with Crippen LogP contribution in [0.2, 0.25) is 10.0 Å². The molecule has 3 rings (SSSR count). The van der Waals surface area contributed by atoms with Crippen LogP contribution < -0.4 is 0 Å². The van der Waals surface area contributed by atoms with E-state index in [1.807, 2.05) is 6.07 Å². The van der Waals surface area contributed by atoms with Gasteiger partial charge in [-0.05, 0) is 34.1 Å². The fraction of sp³-hybridized carbons (Fsp3) is 0. The molecule has 0 aliphatic carbocycles. The second-order valence-electron chi connectivity index (χ2n) is 4.18. The highest BCUT2D eigenvalue weighted by molar-refractivity contribution is 9.10. The maximum absolute atomic E-state index is 12.6. The summed E-state index contributed by atoms with van der Waals surface area (Å²) in [5, 5.41) is 1.39. The molecule has 1 N–H and O–H groups in total. The van der Waals surface area contributed by atoms with Crippen LogP contribution in [-0.4, -0.2) is 15.8 Å². The summed E-state index contributed by atoms with van der Waals surface area (Å²) in [6, 6.07) is 6.82. The summed E-state index contributed by atoms with van der Waals surface area (Å²) < 4.78 is 0.795. The molecule has 0 radical (unpaired) electrons.